The predicted octanol–water partition coefficient (Wildman–Crippen LogP) is 3.91. The Morgan fingerprint density at radius 3 is 2.57 bits per heavy atom. The normalized spacial score (nSPS) is 16.8. The first-order chi connectivity index (χ1) is 13.2. The largest absolute Gasteiger partial charge is 0.416 e. The number of aromatic nitrogens is 2. The summed E-state index contributed by atoms with van der Waals surface area (Å²) in [7, 11) is 0. The zero-order valence-electron chi connectivity index (χ0n) is 14.6. The highest BCUT2D eigenvalue weighted by Gasteiger charge is 2.33. The molecule has 0 saturated carbocycles. The Labute approximate surface area is 157 Å². The van der Waals surface area contributed by atoms with Crippen molar-refractivity contribution in [2.24, 2.45) is 5.92 Å². The molecule has 1 aliphatic heterocycles. The molecule has 5 nitrogen and oxygen atoms in total. The molecule has 0 radical (unpaired) electrons. The Morgan fingerprint density at radius 1 is 1.32 bits per heavy atom. The van der Waals surface area contributed by atoms with Gasteiger partial charge in [-0.2, -0.15) is 27.1 Å². The SMILES string of the molecule is C=CC(=O)NC[C@@H]1Cc2c(cnn2C(F)F)N(c2ccc(C(F)(F)F)cc2)C1. The van der Waals surface area contributed by atoms with Crippen molar-refractivity contribution < 1.29 is 26.7 Å². The molecule has 2 aromatic rings. The molecule has 0 bridgehead atoms. The molecule has 1 aliphatic rings. The van der Waals surface area contributed by atoms with Crippen LogP contribution in [0.5, 0.6) is 0 Å². The molecular formula is C18H17F5N4O. The number of amides is 1. The highest BCUT2D eigenvalue weighted by atomic mass is 19.4. The third-order valence-electron chi connectivity index (χ3n) is 4.53. The first-order valence-corrected chi connectivity index (χ1v) is 8.40. The van der Waals surface area contributed by atoms with E-state index < -0.39 is 24.2 Å². The summed E-state index contributed by atoms with van der Waals surface area (Å²) in [5, 5.41) is 6.34. The third-order valence-corrected chi connectivity index (χ3v) is 4.53. The minimum Gasteiger partial charge on any atom is -0.352 e. The van der Waals surface area contributed by atoms with Crippen LogP contribution in [0.15, 0.2) is 43.1 Å². The predicted molar refractivity (Wildman–Crippen MR) is 92.3 cm³/mol. The molecule has 0 saturated heterocycles. The number of rotatable bonds is 5. The Hall–Kier alpha value is -2.91. The summed E-state index contributed by atoms with van der Waals surface area (Å²) in [6.45, 7) is 1.03. The molecule has 1 N–H and O–H groups in total. The van der Waals surface area contributed by atoms with Crippen LogP contribution in [0.4, 0.5) is 33.3 Å². The zero-order valence-corrected chi connectivity index (χ0v) is 14.6. The maximum Gasteiger partial charge on any atom is 0.416 e. The summed E-state index contributed by atoms with van der Waals surface area (Å²) in [6, 6.07) is 4.46. The van der Waals surface area contributed by atoms with Crippen molar-refractivity contribution in [3.05, 3.63) is 54.4 Å². The van der Waals surface area contributed by atoms with E-state index in [2.05, 4.69) is 17.0 Å². The number of anilines is 2. The van der Waals surface area contributed by atoms with Gasteiger partial charge in [-0.3, -0.25) is 4.79 Å². The quantitative estimate of drug-likeness (QED) is 0.612. The van der Waals surface area contributed by atoms with Crippen LogP contribution in [0.2, 0.25) is 0 Å². The van der Waals surface area contributed by atoms with E-state index in [9.17, 15) is 26.7 Å². The fourth-order valence-corrected chi connectivity index (χ4v) is 3.19. The lowest BCUT2D eigenvalue weighted by Crippen LogP contribution is -2.39. The lowest BCUT2D eigenvalue weighted by molar-refractivity contribution is -0.137. The molecule has 2 heterocycles. The molecule has 1 aromatic carbocycles. The van der Waals surface area contributed by atoms with Crippen LogP contribution in [0.25, 0.3) is 0 Å². The standard InChI is InChI=1S/C18H17F5N4O/c1-2-16(28)24-8-11-7-14-15(9-25-27(14)17(19)20)26(10-11)13-5-3-12(4-6-13)18(21,22)23/h2-6,9,11,17H,1,7-8,10H2,(H,24,28)/t11-/m0/s1. The summed E-state index contributed by atoms with van der Waals surface area (Å²) < 4.78 is 65.6. The van der Waals surface area contributed by atoms with Gasteiger partial charge in [0.2, 0.25) is 5.91 Å². The van der Waals surface area contributed by atoms with Crippen molar-refractivity contribution in [2.75, 3.05) is 18.0 Å². The van der Waals surface area contributed by atoms with Crippen molar-refractivity contribution in [1.82, 2.24) is 15.1 Å². The number of carbonyl (C=O) groups excluding carboxylic acids is 1. The molecule has 1 aromatic heterocycles. The van der Waals surface area contributed by atoms with Gasteiger partial charge in [0.15, 0.2) is 0 Å². The van der Waals surface area contributed by atoms with E-state index in [0.717, 1.165) is 18.2 Å². The van der Waals surface area contributed by atoms with Gasteiger partial charge in [-0.1, -0.05) is 6.58 Å². The number of hydrogen-bond acceptors (Lipinski definition) is 3. The van der Waals surface area contributed by atoms with E-state index in [1.165, 1.54) is 18.3 Å². The Bertz CT molecular complexity index is 860. The second-order valence-electron chi connectivity index (χ2n) is 6.37. The van der Waals surface area contributed by atoms with Crippen LogP contribution < -0.4 is 10.2 Å². The van der Waals surface area contributed by atoms with E-state index in [1.807, 2.05) is 0 Å². The topological polar surface area (TPSA) is 50.2 Å². The molecule has 10 heteroatoms. The second kappa shape index (κ2) is 7.61. The average Bonchev–Trinajstić information content (AvgIpc) is 3.09. The number of alkyl halides is 5. The summed E-state index contributed by atoms with van der Waals surface area (Å²) in [5.41, 5.74) is 0.291. The smallest absolute Gasteiger partial charge is 0.352 e. The molecule has 28 heavy (non-hydrogen) atoms. The molecule has 1 amide bonds. The van der Waals surface area contributed by atoms with Crippen molar-refractivity contribution in [3.63, 3.8) is 0 Å². The Balaban J connectivity index is 1.93. The van der Waals surface area contributed by atoms with Crippen molar-refractivity contribution in [3.8, 4) is 0 Å². The van der Waals surface area contributed by atoms with Gasteiger partial charge in [-0.05, 0) is 42.7 Å². The number of hydrogen-bond donors (Lipinski definition) is 1. The zero-order chi connectivity index (χ0) is 20.5. The number of nitrogens with one attached hydrogen (secondary N) is 1. The molecule has 0 aliphatic carbocycles. The lowest BCUT2D eigenvalue weighted by atomic mass is 9.96. The van der Waals surface area contributed by atoms with Gasteiger partial charge < -0.3 is 10.2 Å². The van der Waals surface area contributed by atoms with Crippen LogP contribution in [0, 0.1) is 5.92 Å². The highest BCUT2D eigenvalue weighted by Crippen LogP contribution is 2.38. The number of halogens is 5. The van der Waals surface area contributed by atoms with E-state index in [1.54, 1.807) is 4.90 Å². The molecular weight excluding hydrogens is 383 g/mol. The van der Waals surface area contributed by atoms with Gasteiger partial charge in [0.25, 0.3) is 0 Å². The molecule has 0 fully saturated rings. The fourth-order valence-electron chi connectivity index (χ4n) is 3.19. The summed E-state index contributed by atoms with van der Waals surface area (Å²) in [5.74, 6) is -0.637. The van der Waals surface area contributed by atoms with E-state index in [0.29, 0.717) is 22.6 Å². The highest BCUT2D eigenvalue weighted by molar-refractivity contribution is 5.86. The van der Waals surface area contributed by atoms with Crippen LogP contribution in [0.3, 0.4) is 0 Å². The minimum absolute atomic E-state index is 0.204. The molecule has 3 rings (SSSR count). The van der Waals surface area contributed by atoms with Gasteiger partial charge in [0.05, 0.1) is 23.1 Å². The fraction of sp³-hybridized carbons (Fsp3) is 0.333. The van der Waals surface area contributed by atoms with Crippen molar-refractivity contribution in [2.45, 2.75) is 19.1 Å². The summed E-state index contributed by atoms with van der Waals surface area (Å²) >= 11 is 0. The first-order valence-electron chi connectivity index (χ1n) is 8.40. The lowest BCUT2D eigenvalue weighted by Gasteiger charge is -2.34. The van der Waals surface area contributed by atoms with Gasteiger partial charge in [0.1, 0.15) is 0 Å². The number of benzene rings is 1. The summed E-state index contributed by atoms with van der Waals surface area (Å²) in [4.78, 5) is 13.1. The van der Waals surface area contributed by atoms with Gasteiger partial charge in [-0.15, -0.1) is 0 Å². The molecule has 1 atom stereocenters. The maximum atomic E-state index is 13.3. The Morgan fingerprint density at radius 2 is 2.00 bits per heavy atom. The molecule has 0 unspecified atom stereocenters. The van der Waals surface area contributed by atoms with Crippen LogP contribution in [0.1, 0.15) is 17.8 Å². The van der Waals surface area contributed by atoms with Crippen LogP contribution in [-0.4, -0.2) is 28.8 Å². The van der Waals surface area contributed by atoms with E-state index >= 15 is 0 Å². The van der Waals surface area contributed by atoms with Gasteiger partial charge >= 0.3 is 12.7 Å². The molecule has 0 spiro atoms. The number of nitrogens with zero attached hydrogens (tertiary/aromatic N) is 3. The first kappa shape index (κ1) is 19.8. The summed E-state index contributed by atoms with van der Waals surface area (Å²) in [6.07, 6.45) is -1.85. The van der Waals surface area contributed by atoms with E-state index in [-0.39, 0.29) is 24.6 Å². The third kappa shape index (κ3) is 4.00. The monoisotopic (exact) mass is 400 g/mol. The van der Waals surface area contributed by atoms with Crippen LogP contribution >= 0.6 is 0 Å². The number of carbonyl (C=O) groups is 1. The van der Waals surface area contributed by atoms with E-state index in [4.69, 9.17) is 0 Å². The average molecular weight is 400 g/mol. The van der Waals surface area contributed by atoms with Crippen molar-refractivity contribution in [1.29, 1.82) is 0 Å². The second-order valence-corrected chi connectivity index (χ2v) is 6.37. The number of fused-ring (bicyclic) bond motifs is 1. The minimum atomic E-state index is -4.47. The van der Waals surface area contributed by atoms with Crippen molar-refractivity contribution >= 4 is 17.3 Å². The maximum absolute atomic E-state index is 13.3. The molecule has 150 valence electrons. The van der Waals surface area contributed by atoms with Gasteiger partial charge in [0, 0.05) is 18.8 Å². The van der Waals surface area contributed by atoms with Gasteiger partial charge in [-0.25, -0.2) is 4.68 Å². The Kier molecular flexibility index (Phi) is 5.39. The van der Waals surface area contributed by atoms with Crippen LogP contribution in [-0.2, 0) is 17.4 Å².